The van der Waals surface area contributed by atoms with Crippen molar-refractivity contribution < 1.29 is 4.74 Å². The molecular formula is C19H25N5O. The summed E-state index contributed by atoms with van der Waals surface area (Å²) in [6.45, 7) is 1.21. The summed E-state index contributed by atoms with van der Waals surface area (Å²) >= 11 is 0. The molecule has 0 bridgehead atoms. The summed E-state index contributed by atoms with van der Waals surface area (Å²) in [5, 5.41) is 3.12. The monoisotopic (exact) mass is 339 g/mol. The Labute approximate surface area is 148 Å². The zero-order valence-electron chi connectivity index (χ0n) is 14.4. The summed E-state index contributed by atoms with van der Waals surface area (Å²) in [5.74, 6) is 1.12. The number of aliphatic imine (C=N–C) groups is 1. The molecular weight excluding hydrogens is 314 g/mol. The first-order chi connectivity index (χ1) is 12.3. The van der Waals surface area contributed by atoms with E-state index in [2.05, 4.69) is 20.3 Å². The molecule has 2 heterocycles. The van der Waals surface area contributed by atoms with Crippen molar-refractivity contribution in [3.05, 3.63) is 54.0 Å². The molecule has 0 atom stereocenters. The van der Waals surface area contributed by atoms with Gasteiger partial charge < -0.3 is 15.8 Å². The van der Waals surface area contributed by atoms with Crippen molar-refractivity contribution in [3.8, 4) is 5.88 Å². The molecule has 0 amide bonds. The molecule has 6 nitrogen and oxygen atoms in total. The van der Waals surface area contributed by atoms with Gasteiger partial charge in [0, 0.05) is 37.1 Å². The predicted octanol–water partition coefficient (Wildman–Crippen LogP) is 2.45. The van der Waals surface area contributed by atoms with Crippen molar-refractivity contribution in [3.63, 3.8) is 0 Å². The molecule has 132 valence electrons. The van der Waals surface area contributed by atoms with Gasteiger partial charge in [0.15, 0.2) is 5.96 Å². The second-order valence-corrected chi connectivity index (χ2v) is 6.23. The highest BCUT2D eigenvalue weighted by Gasteiger charge is 2.16. The van der Waals surface area contributed by atoms with Gasteiger partial charge in [0.2, 0.25) is 5.88 Å². The Bertz CT molecular complexity index is 683. The summed E-state index contributed by atoms with van der Waals surface area (Å²) < 4.78 is 5.92. The molecule has 0 aromatic carbocycles. The topological polar surface area (TPSA) is 85.4 Å². The fourth-order valence-corrected chi connectivity index (χ4v) is 2.89. The van der Waals surface area contributed by atoms with E-state index >= 15 is 0 Å². The predicted molar refractivity (Wildman–Crippen MR) is 98.4 cm³/mol. The lowest BCUT2D eigenvalue weighted by molar-refractivity contribution is 0.201. The van der Waals surface area contributed by atoms with Crippen LogP contribution in [0.3, 0.4) is 0 Å². The van der Waals surface area contributed by atoms with Crippen LogP contribution in [-0.4, -0.2) is 28.6 Å². The summed E-state index contributed by atoms with van der Waals surface area (Å²) in [6.07, 6.45) is 9.41. The van der Waals surface area contributed by atoms with Gasteiger partial charge in [0.1, 0.15) is 6.10 Å². The largest absolute Gasteiger partial charge is 0.474 e. The number of aromatic nitrogens is 2. The lowest BCUT2D eigenvalue weighted by Gasteiger charge is -2.12. The van der Waals surface area contributed by atoms with E-state index in [0.29, 0.717) is 31.0 Å². The van der Waals surface area contributed by atoms with Crippen LogP contribution < -0.4 is 15.8 Å². The van der Waals surface area contributed by atoms with Crippen molar-refractivity contribution in [2.75, 3.05) is 6.54 Å². The fraction of sp³-hybridized carbons (Fsp3) is 0.421. The second-order valence-electron chi connectivity index (χ2n) is 6.23. The van der Waals surface area contributed by atoms with Crippen LogP contribution in [0.1, 0.15) is 36.9 Å². The SMILES string of the molecule is NC(=NCc1ccnc(OC2CCCC2)c1)NCCc1ccccn1. The molecule has 3 N–H and O–H groups in total. The zero-order valence-corrected chi connectivity index (χ0v) is 14.4. The van der Waals surface area contributed by atoms with Crippen molar-refractivity contribution in [1.29, 1.82) is 0 Å². The van der Waals surface area contributed by atoms with Crippen LogP contribution in [0, 0.1) is 0 Å². The molecule has 2 aromatic heterocycles. The van der Waals surface area contributed by atoms with Gasteiger partial charge in [-0.1, -0.05) is 6.07 Å². The van der Waals surface area contributed by atoms with E-state index < -0.39 is 0 Å². The quantitative estimate of drug-likeness (QED) is 0.598. The van der Waals surface area contributed by atoms with Crippen molar-refractivity contribution >= 4 is 5.96 Å². The van der Waals surface area contributed by atoms with E-state index in [1.807, 2.05) is 30.3 Å². The maximum atomic E-state index is 5.93. The molecule has 2 aromatic rings. The number of pyridine rings is 2. The average molecular weight is 339 g/mol. The van der Waals surface area contributed by atoms with E-state index in [0.717, 1.165) is 30.5 Å². The Morgan fingerprint density at radius 3 is 2.88 bits per heavy atom. The van der Waals surface area contributed by atoms with Crippen molar-refractivity contribution in [1.82, 2.24) is 15.3 Å². The third-order valence-electron chi connectivity index (χ3n) is 4.23. The molecule has 1 aliphatic rings. The molecule has 0 unspecified atom stereocenters. The maximum Gasteiger partial charge on any atom is 0.213 e. The first-order valence-corrected chi connectivity index (χ1v) is 8.85. The average Bonchev–Trinajstić information content (AvgIpc) is 3.14. The summed E-state index contributed by atoms with van der Waals surface area (Å²) in [7, 11) is 0. The number of nitrogens with one attached hydrogen (secondary N) is 1. The Morgan fingerprint density at radius 2 is 2.08 bits per heavy atom. The van der Waals surface area contributed by atoms with E-state index in [1.165, 1.54) is 12.8 Å². The van der Waals surface area contributed by atoms with Crippen LogP contribution in [0.4, 0.5) is 0 Å². The Balaban J connectivity index is 1.45. The highest BCUT2D eigenvalue weighted by atomic mass is 16.5. The number of rotatable bonds is 7. The molecule has 3 rings (SSSR count). The first kappa shape index (κ1) is 17.2. The molecule has 1 fully saturated rings. The van der Waals surface area contributed by atoms with Crippen LogP contribution in [0.5, 0.6) is 5.88 Å². The van der Waals surface area contributed by atoms with Crippen molar-refractivity contribution in [2.24, 2.45) is 10.7 Å². The molecule has 0 saturated heterocycles. The summed E-state index contributed by atoms with van der Waals surface area (Å²) in [6, 6.07) is 9.77. The highest BCUT2D eigenvalue weighted by Crippen LogP contribution is 2.23. The molecule has 0 radical (unpaired) electrons. The van der Waals surface area contributed by atoms with E-state index in [1.54, 1.807) is 12.4 Å². The fourth-order valence-electron chi connectivity index (χ4n) is 2.89. The van der Waals surface area contributed by atoms with Crippen LogP contribution in [-0.2, 0) is 13.0 Å². The van der Waals surface area contributed by atoms with Gasteiger partial charge in [0.05, 0.1) is 6.54 Å². The van der Waals surface area contributed by atoms with E-state index in [4.69, 9.17) is 10.5 Å². The highest BCUT2D eigenvalue weighted by molar-refractivity contribution is 5.77. The maximum absolute atomic E-state index is 5.93. The van der Waals surface area contributed by atoms with Gasteiger partial charge in [0.25, 0.3) is 0 Å². The molecule has 1 saturated carbocycles. The van der Waals surface area contributed by atoms with Crippen LogP contribution in [0.15, 0.2) is 47.7 Å². The van der Waals surface area contributed by atoms with Gasteiger partial charge in [-0.15, -0.1) is 0 Å². The normalized spacial score (nSPS) is 15.3. The molecule has 0 aliphatic heterocycles. The van der Waals surface area contributed by atoms with Crippen molar-refractivity contribution in [2.45, 2.75) is 44.8 Å². The van der Waals surface area contributed by atoms with Gasteiger partial charge in [-0.3, -0.25) is 4.98 Å². The number of guanidine groups is 1. The number of hydrogen-bond donors (Lipinski definition) is 2. The lowest BCUT2D eigenvalue weighted by atomic mass is 10.2. The first-order valence-electron chi connectivity index (χ1n) is 8.85. The van der Waals surface area contributed by atoms with Crippen LogP contribution in [0.2, 0.25) is 0 Å². The molecule has 0 spiro atoms. The third-order valence-corrected chi connectivity index (χ3v) is 4.23. The summed E-state index contributed by atoms with van der Waals surface area (Å²) in [5.41, 5.74) is 8.00. The minimum absolute atomic E-state index is 0.310. The Kier molecular flexibility index (Phi) is 6.20. The number of nitrogens with two attached hydrogens (primary N) is 1. The van der Waals surface area contributed by atoms with Gasteiger partial charge in [-0.2, -0.15) is 0 Å². The summed E-state index contributed by atoms with van der Waals surface area (Å²) in [4.78, 5) is 12.9. The standard InChI is InChI=1S/C19H25N5O/c20-19(23-12-9-16-5-3-4-10-21-16)24-14-15-8-11-22-18(13-15)25-17-6-1-2-7-17/h3-5,8,10-11,13,17H,1-2,6-7,9,12,14H2,(H3,20,23,24). The lowest BCUT2D eigenvalue weighted by Crippen LogP contribution is -2.33. The van der Waals surface area contributed by atoms with E-state index in [-0.39, 0.29) is 0 Å². The van der Waals surface area contributed by atoms with Gasteiger partial charge in [-0.05, 0) is 49.4 Å². The smallest absolute Gasteiger partial charge is 0.213 e. The van der Waals surface area contributed by atoms with Crippen LogP contribution in [0.25, 0.3) is 0 Å². The Morgan fingerprint density at radius 1 is 1.20 bits per heavy atom. The van der Waals surface area contributed by atoms with E-state index in [9.17, 15) is 0 Å². The van der Waals surface area contributed by atoms with Gasteiger partial charge in [-0.25, -0.2) is 9.98 Å². The zero-order chi connectivity index (χ0) is 17.3. The second kappa shape index (κ2) is 9.01. The Hall–Kier alpha value is -2.63. The van der Waals surface area contributed by atoms with Crippen LogP contribution >= 0.6 is 0 Å². The number of hydrogen-bond acceptors (Lipinski definition) is 4. The molecule has 6 heteroatoms. The van der Waals surface area contributed by atoms with Gasteiger partial charge >= 0.3 is 0 Å². The minimum atomic E-state index is 0.310. The molecule has 25 heavy (non-hydrogen) atoms. The number of ether oxygens (including phenoxy) is 1. The third kappa shape index (κ3) is 5.74. The minimum Gasteiger partial charge on any atom is -0.474 e. The molecule has 1 aliphatic carbocycles. The number of nitrogens with zero attached hydrogens (tertiary/aromatic N) is 3.